The summed E-state index contributed by atoms with van der Waals surface area (Å²) in [4.78, 5) is 15.3. The topological polar surface area (TPSA) is 50.2 Å². The SMILES string of the molecule is Cc1cc(C)n(CC(C)NC(=O)c2ccccc2CN2CCCCC2)n1. The summed E-state index contributed by atoms with van der Waals surface area (Å²) in [6.07, 6.45) is 3.84. The fourth-order valence-electron chi connectivity index (χ4n) is 3.70. The van der Waals surface area contributed by atoms with Gasteiger partial charge in [0.15, 0.2) is 0 Å². The average molecular weight is 354 g/mol. The van der Waals surface area contributed by atoms with E-state index in [0.29, 0.717) is 6.54 Å². The number of nitrogens with zero attached hydrogens (tertiary/aromatic N) is 3. The minimum atomic E-state index is 0.00615. The van der Waals surface area contributed by atoms with E-state index in [-0.39, 0.29) is 11.9 Å². The Bertz CT molecular complexity index is 746. The number of nitrogens with one attached hydrogen (secondary N) is 1. The molecule has 1 fully saturated rings. The van der Waals surface area contributed by atoms with Crippen LogP contribution < -0.4 is 5.32 Å². The van der Waals surface area contributed by atoms with Crippen LogP contribution in [0.2, 0.25) is 0 Å². The molecule has 1 aromatic carbocycles. The van der Waals surface area contributed by atoms with Gasteiger partial charge in [-0.15, -0.1) is 0 Å². The number of likely N-dealkylation sites (tertiary alicyclic amines) is 1. The first kappa shape index (κ1) is 18.6. The van der Waals surface area contributed by atoms with Gasteiger partial charge in [0.2, 0.25) is 0 Å². The number of piperidine rings is 1. The van der Waals surface area contributed by atoms with Crippen molar-refractivity contribution in [1.29, 1.82) is 0 Å². The number of benzene rings is 1. The summed E-state index contributed by atoms with van der Waals surface area (Å²) in [6, 6.07) is 10.1. The maximum Gasteiger partial charge on any atom is 0.251 e. The van der Waals surface area contributed by atoms with Crippen molar-refractivity contribution in [3.63, 3.8) is 0 Å². The van der Waals surface area contributed by atoms with E-state index in [9.17, 15) is 4.79 Å². The fourth-order valence-corrected chi connectivity index (χ4v) is 3.70. The van der Waals surface area contributed by atoms with Crippen LogP contribution in [-0.2, 0) is 13.1 Å². The van der Waals surface area contributed by atoms with Crippen molar-refractivity contribution < 1.29 is 4.79 Å². The van der Waals surface area contributed by atoms with Crippen molar-refractivity contribution >= 4 is 5.91 Å². The van der Waals surface area contributed by atoms with Crippen molar-refractivity contribution in [1.82, 2.24) is 20.0 Å². The number of rotatable bonds is 6. The number of aryl methyl sites for hydroxylation is 2. The zero-order valence-electron chi connectivity index (χ0n) is 16.2. The molecular weight excluding hydrogens is 324 g/mol. The van der Waals surface area contributed by atoms with Gasteiger partial charge in [-0.2, -0.15) is 5.10 Å². The molecule has 5 heteroatoms. The highest BCUT2D eigenvalue weighted by Crippen LogP contribution is 2.16. The minimum Gasteiger partial charge on any atom is -0.348 e. The number of hydrogen-bond donors (Lipinski definition) is 1. The summed E-state index contributed by atoms with van der Waals surface area (Å²) in [5, 5.41) is 7.62. The number of amides is 1. The molecule has 0 radical (unpaired) electrons. The monoisotopic (exact) mass is 354 g/mol. The third kappa shape index (κ3) is 4.73. The number of aromatic nitrogens is 2. The Balaban J connectivity index is 1.64. The summed E-state index contributed by atoms with van der Waals surface area (Å²) in [5.74, 6) is 0.00615. The summed E-state index contributed by atoms with van der Waals surface area (Å²) in [5.41, 5.74) is 4.03. The van der Waals surface area contributed by atoms with Crippen molar-refractivity contribution in [2.24, 2.45) is 0 Å². The molecule has 1 aliphatic rings. The van der Waals surface area contributed by atoms with Gasteiger partial charge in [0.25, 0.3) is 5.91 Å². The van der Waals surface area contributed by atoms with Crippen LogP contribution in [0.5, 0.6) is 0 Å². The van der Waals surface area contributed by atoms with Crippen molar-refractivity contribution in [3.05, 3.63) is 52.8 Å². The highest BCUT2D eigenvalue weighted by Gasteiger charge is 2.17. The zero-order valence-corrected chi connectivity index (χ0v) is 16.2. The molecule has 0 saturated carbocycles. The lowest BCUT2D eigenvalue weighted by Crippen LogP contribution is -2.37. The molecule has 1 aliphatic heterocycles. The van der Waals surface area contributed by atoms with E-state index in [1.807, 2.05) is 43.7 Å². The van der Waals surface area contributed by atoms with Crippen LogP contribution in [0.15, 0.2) is 30.3 Å². The van der Waals surface area contributed by atoms with Crippen molar-refractivity contribution in [2.75, 3.05) is 13.1 Å². The Labute approximate surface area is 156 Å². The van der Waals surface area contributed by atoms with Crippen LogP contribution in [0.4, 0.5) is 0 Å². The van der Waals surface area contributed by atoms with Gasteiger partial charge in [0, 0.05) is 23.8 Å². The second-order valence-electron chi connectivity index (χ2n) is 7.48. The first-order valence-corrected chi connectivity index (χ1v) is 9.65. The molecule has 3 rings (SSSR count). The van der Waals surface area contributed by atoms with Crippen LogP contribution in [0.3, 0.4) is 0 Å². The van der Waals surface area contributed by atoms with Gasteiger partial charge in [-0.25, -0.2) is 0 Å². The Morgan fingerprint density at radius 3 is 2.62 bits per heavy atom. The fraction of sp³-hybridized carbons (Fsp3) is 0.524. The van der Waals surface area contributed by atoms with E-state index in [2.05, 4.69) is 27.4 Å². The summed E-state index contributed by atoms with van der Waals surface area (Å²) in [7, 11) is 0. The lowest BCUT2D eigenvalue weighted by Gasteiger charge is -2.27. The first-order valence-electron chi connectivity index (χ1n) is 9.65. The van der Waals surface area contributed by atoms with Gasteiger partial charge < -0.3 is 5.32 Å². The van der Waals surface area contributed by atoms with Gasteiger partial charge in [-0.05, 0) is 64.4 Å². The highest BCUT2D eigenvalue weighted by molar-refractivity contribution is 5.95. The van der Waals surface area contributed by atoms with E-state index in [0.717, 1.165) is 42.1 Å². The maximum absolute atomic E-state index is 12.8. The van der Waals surface area contributed by atoms with Crippen LogP contribution in [-0.4, -0.2) is 39.7 Å². The molecule has 1 saturated heterocycles. The second kappa shape index (κ2) is 8.49. The van der Waals surface area contributed by atoms with Gasteiger partial charge in [-0.3, -0.25) is 14.4 Å². The van der Waals surface area contributed by atoms with Crippen LogP contribution >= 0.6 is 0 Å². The van der Waals surface area contributed by atoms with E-state index in [1.165, 1.54) is 19.3 Å². The molecule has 140 valence electrons. The Morgan fingerprint density at radius 2 is 1.92 bits per heavy atom. The van der Waals surface area contributed by atoms with Crippen LogP contribution in [0, 0.1) is 13.8 Å². The molecule has 0 aliphatic carbocycles. The molecule has 1 atom stereocenters. The summed E-state index contributed by atoms with van der Waals surface area (Å²) in [6.45, 7) is 9.86. The molecule has 5 nitrogen and oxygen atoms in total. The predicted octanol–water partition coefficient (Wildman–Crippen LogP) is 3.30. The molecule has 2 aromatic rings. The standard InChI is InChI=1S/C21H30N4O/c1-16-13-18(3)25(23-16)14-17(2)22-21(26)20-10-6-5-9-19(20)15-24-11-7-4-8-12-24/h5-6,9-10,13,17H,4,7-8,11-12,14-15H2,1-3H3,(H,22,26). The van der Waals surface area contributed by atoms with Gasteiger partial charge >= 0.3 is 0 Å². The largest absolute Gasteiger partial charge is 0.348 e. The molecule has 1 unspecified atom stereocenters. The van der Waals surface area contributed by atoms with E-state index < -0.39 is 0 Å². The third-order valence-electron chi connectivity index (χ3n) is 5.03. The first-order chi connectivity index (χ1) is 12.5. The van der Waals surface area contributed by atoms with Crippen LogP contribution in [0.1, 0.15) is 53.5 Å². The molecule has 2 heterocycles. The van der Waals surface area contributed by atoms with E-state index >= 15 is 0 Å². The lowest BCUT2D eigenvalue weighted by atomic mass is 10.0. The van der Waals surface area contributed by atoms with Gasteiger partial charge in [0.05, 0.1) is 12.2 Å². The highest BCUT2D eigenvalue weighted by atomic mass is 16.1. The number of carbonyl (C=O) groups is 1. The molecule has 1 N–H and O–H groups in total. The Morgan fingerprint density at radius 1 is 1.19 bits per heavy atom. The van der Waals surface area contributed by atoms with Gasteiger partial charge in [-0.1, -0.05) is 24.6 Å². The molecular formula is C21H30N4O. The number of carbonyl (C=O) groups excluding carboxylic acids is 1. The minimum absolute atomic E-state index is 0.00615. The molecule has 26 heavy (non-hydrogen) atoms. The maximum atomic E-state index is 12.8. The summed E-state index contributed by atoms with van der Waals surface area (Å²) >= 11 is 0. The summed E-state index contributed by atoms with van der Waals surface area (Å²) < 4.78 is 1.96. The molecule has 0 bridgehead atoms. The Hall–Kier alpha value is -2.14. The second-order valence-corrected chi connectivity index (χ2v) is 7.48. The molecule has 0 spiro atoms. The zero-order chi connectivity index (χ0) is 18.5. The van der Waals surface area contributed by atoms with Crippen LogP contribution in [0.25, 0.3) is 0 Å². The number of hydrogen-bond acceptors (Lipinski definition) is 3. The van der Waals surface area contributed by atoms with Crippen molar-refractivity contribution in [3.8, 4) is 0 Å². The quantitative estimate of drug-likeness (QED) is 0.866. The average Bonchev–Trinajstić information content (AvgIpc) is 2.93. The van der Waals surface area contributed by atoms with E-state index in [1.54, 1.807) is 0 Å². The van der Waals surface area contributed by atoms with Crippen molar-refractivity contribution in [2.45, 2.75) is 59.2 Å². The lowest BCUT2D eigenvalue weighted by molar-refractivity contribution is 0.0933. The molecule has 1 aromatic heterocycles. The smallest absolute Gasteiger partial charge is 0.251 e. The third-order valence-corrected chi connectivity index (χ3v) is 5.03. The molecule has 1 amide bonds. The normalized spacial score (nSPS) is 16.4. The van der Waals surface area contributed by atoms with E-state index in [4.69, 9.17) is 0 Å². The predicted molar refractivity (Wildman–Crippen MR) is 104 cm³/mol. The Kier molecular flexibility index (Phi) is 6.09. The van der Waals surface area contributed by atoms with Gasteiger partial charge in [0.1, 0.15) is 0 Å².